The molecule has 0 spiro atoms. The van der Waals surface area contributed by atoms with Crippen molar-refractivity contribution in [3.05, 3.63) is 35.6 Å². The van der Waals surface area contributed by atoms with Gasteiger partial charge < -0.3 is 4.74 Å². The van der Waals surface area contributed by atoms with Gasteiger partial charge in [0, 0.05) is 5.56 Å². The van der Waals surface area contributed by atoms with Crippen LogP contribution in [-0.4, -0.2) is 13.1 Å². The molecule has 1 radical (unpaired) electrons. The molecule has 0 amide bonds. The Morgan fingerprint density at radius 3 is 2.92 bits per heavy atom. The van der Waals surface area contributed by atoms with E-state index >= 15 is 0 Å². The molecule has 0 aromatic heterocycles. The fourth-order valence-corrected chi connectivity index (χ4v) is 1.06. The second kappa shape index (κ2) is 4.03. The van der Waals surface area contributed by atoms with Gasteiger partial charge >= 0.3 is 5.97 Å². The first-order chi connectivity index (χ1) is 6.16. The van der Waals surface area contributed by atoms with E-state index in [9.17, 15) is 9.18 Å². The Labute approximate surface area is 76.3 Å². The third kappa shape index (κ3) is 2.05. The van der Waals surface area contributed by atoms with Crippen molar-refractivity contribution in [1.29, 1.82) is 0 Å². The van der Waals surface area contributed by atoms with E-state index in [4.69, 9.17) is 0 Å². The maximum atomic E-state index is 13.1. The van der Waals surface area contributed by atoms with Gasteiger partial charge in [0.05, 0.1) is 13.0 Å². The molecule has 13 heavy (non-hydrogen) atoms. The van der Waals surface area contributed by atoms with Gasteiger partial charge in [-0.25, -0.2) is 4.39 Å². The van der Waals surface area contributed by atoms with Crippen molar-refractivity contribution in [2.45, 2.75) is 12.8 Å². The van der Waals surface area contributed by atoms with Crippen molar-refractivity contribution in [2.24, 2.45) is 0 Å². The molecule has 0 saturated carbocycles. The van der Waals surface area contributed by atoms with E-state index in [1.165, 1.54) is 25.3 Å². The summed E-state index contributed by atoms with van der Waals surface area (Å²) in [5.41, 5.74) is 0.314. The van der Waals surface area contributed by atoms with Gasteiger partial charge in [0.1, 0.15) is 5.82 Å². The van der Waals surface area contributed by atoms with E-state index in [1.54, 1.807) is 6.92 Å². The first kappa shape index (κ1) is 9.71. The summed E-state index contributed by atoms with van der Waals surface area (Å²) >= 11 is 0. The van der Waals surface area contributed by atoms with Crippen molar-refractivity contribution < 1.29 is 13.9 Å². The first-order valence-corrected chi connectivity index (χ1v) is 3.90. The van der Waals surface area contributed by atoms with Crippen LogP contribution >= 0.6 is 0 Å². The maximum absolute atomic E-state index is 13.1. The van der Waals surface area contributed by atoms with Crippen LogP contribution in [0.5, 0.6) is 0 Å². The second-order valence-electron chi connectivity index (χ2n) is 2.69. The van der Waals surface area contributed by atoms with Gasteiger partial charge in [0.2, 0.25) is 0 Å². The van der Waals surface area contributed by atoms with Crippen LogP contribution in [-0.2, 0) is 9.53 Å². The van der Waals surface area contributed by atoms with E-state index in [0.29, 0.717) is 5.56 Å². The summed E-state index contributed by atoms with van der Waals surface area (Å²) in [7, 11) is 1.28. The molecule has 1 atom stereocenters. The van der Waals surface area contributed by atoms with Gasteiger partial charge in [0.15, 0.2) is 0 Å². The number of hydrogen-bond acceptors (Lipinski definition) is 2. The van der Waals surface area contributed by atoms with Gasteiger partial charge in [-0.3, -0.25) is 4.79 Å². The molecule has 2 nitrogen and oxygen atoms in total. The fraction of sp³-hybridized carbons (Fsp3) is 0.300. The summed E-state index contributed by atoms with van der Waals surface area (Å²) in [5.74, 6) is -1.43. The van der Waals surface area contributed by atoms with Crippen LogP contribution in [0.4, 0.5) is 4.39 Å². The van der Waals surface area contributed by atoms with E-state index in [2.05, 4.69) is 10.8 Å². The quantitative estimate of drug-likeness (QED) is 0.651. The summed E-state index contributed by atoms with van der Waals surface area (Å²) in [6, 6.07) is 6.90. The molecule has 1 aromatic rings. The van der Waals surface area contributed by atoms with Crippen LogP contribution in [0.25, 0.3) is 0 Å². The lowest BCUT2D eigenvalue weighted by Crippen LogP contribution is -2.12. The van der Waals surface area contributed by atoms with Crippen LogP contribution in [0.2, 0.25) is 0 Å². The number of ether oxygens (including phenoxy) is 1. The van der Waals surface area contributed by atoms with E-state index in [0.717, 1.165) is 0 Å². The van der Waals surface area contributed by atoms with Crippen LogP contribution in [0, 0.1) is 11.9 Å². The van der Waals surface area contributed by atoms with Gasteiger partial charge in [-0.2, -0.15) is 0 Å². The molecule has 3 heteroatoms. The monoisotopic (exact) mass is 181 g/mol. The second-order valence-corrected chi connectivity index (χ2v) is 2.69. The molecule has 0 heterocycles. The van der Waals surface area contributed by atoms with Crippen molar-refractivity contribution in [1.82, 2.24) is 0 Å². The first-order valence-electron chi connectivity index (χ1n) is 3.90. The molecule has 0 aliphatic carbocycles. The Morgan fingerprint density at radius 2 is 2.38 bits per heavy atom. The van der Waals surface area contributed by atoms with Crippen LogP contribution < -0.4 is 0 Å². The van der Waals surface area contributed by atoms with Crippen molar-refractivity contribution in [2.75, 3.05) is 7.11 Å². The molecule has 0 aliphatic heterocycles. The number of hydrogen-bond donors (Lipinski definition) is 0. The van der Waals surface area contributed by atoms with E-state index in [1.807, 2.05) is 0 Å². The highest BCUT2D eigenvalue weighted by molar-refractivity contribution is 5.77. The summed E-state index contributed by atoms with van der Waals surface area (Å²) in [6.07, 6.45) is 0. The molecular weight excluding hydrogens is 171 g/mol. The number of benzene rings is 1. The average molecular weight is 181 g/mol. The van der Waals surface area contributed by atoms with Crippen LogP contribution in [0.3, 0.4) is 0 Å². The highest BCUT2D eigenvalue weighted by Gasteiger charge is 2.18. The zero-order valence-corrected chi connectivity index (χ0v) is 7.50. The lowest BCUT2D eigenvalue weighted by atomic mass is 10.0. The predicted octanol–water partition coefficient (Wildman–Crippen LogP) is 1.90. The minimum Gasteiger partial charge on any atom is -0.469 e. The van der Waals surface area contributed by atoms with Gasteiger partial charge in [-0.15, -0.1) is 0 Å². The Balaban J connectivity index is 2.95. The molecule has 0 saturated heterocycles. The van der Waals surface area contributed by atoms with Gasteiger partial charge in [0.25, 0.3) is 0 Å². The summed E-state index contributed by atoms with van der Waals surface area (Å²) in [6.45, 7) is 1.60. The lowest BCUT2D eigenvalue weighted by Gasteiger charge is -2.09. The predicted molar refractivity (Wildman–Crippen MR) is 45.7 cm³/mol. The number of halogens is 1. The third-order valence-electron chi connectivity index (χ3n) is 1.86. The standard InChI is InChI=1S/C10H10FO2/c1-7(10(12)13-2)8-5-3-4-6-9(8)11/h4-7H,1-2H3. The third-order valence-corrected chi connectivity index (χ3v) is 1.86. The molecule has 1 rings (SSSR count). The van der Waals surface area contributed by atoms with Gasteiger partial charge in [-0.1, -0.05) is 6.07 Å². The van der Waals surface area contributed by atoms with Crippen molar-refractivity contribution in [3.8, 4) is 0 Å². The maximum Gasteiger partial charge on any atom is 0.312 e. The molecular formula is C10H10FO2. The van der Waals surface area contributed by atoms with E-state index < -0.39 is 17.7 Å². The largest absolute Gasteiger partial charge is 0.469 e. The minimum atomic E-state index is -0.581. The zero-order chi connectivity index (χ0) is 9.84. The Morgan fingerprint density at radius 1 is 1.69 bits per heavy atom. The molecule has 0 bridgehead atoms. The topological polar surface area (TPSA) is 26.3 Å². The number of methoxy groups -OCH3 is 1. The van der Waals surface area contributed by atoms with Crippen LogP contribution in [0.15, 0.2) is 18.2 Å². The number of carbonyl (C=O) groups excluding carboxylic acids is 1. The summed E-state index contributed by atoms with van der Waals surface area (Å²) in [5, 5.41) is 0. The minimum absolute atomic E-state index is 0.314. The zero-order valence-electron chi connectivity index (χ0n) is 7.50. The summed E-state index contributed by atoms with van der Waals surface area (Å²) in [4.78, 5) is 11.1. The normalized spacial score (nSPS) is 12.2. The van der Waals surface area contributed by atoms with Gasteiger partial charge in [-0.05, 0) is 25.1 Å². The molecule has 69 valence electrons. The number of carbonyl (C=O) groups is 1. The average Bonchev–Trinajstić information content (AvgIpc) is 2.16. The Hall–Kier alpha value is -1.38. The Bertz CT molecular complexity index is 310. The molecule has 1 aromatic carbocycles. The number of rotatable bonds is 2. The summed E-state index contributed by atoms with van der Waals surface area (Å²) < 4.78 is 17.6. The molecule has 0 fully saturated rings. The van der Waals surface area contributed by atoms with E-state index in [-0.39, 0.29) is 0 Å². The lowest BCUT2D eigenvalue weighted by molar-refractivity contribution is -0.142. The molecule has 1 unspecified atom stereocenters. The number of esters is 1. The molecule has 0 aliphatic rings. The molecule has 0 N–H and O–H groups in total. The van der Waals surface area contributed by atoms with Crippen molar-refractivity contribution in [3.63, 3.8) is 0 Å². The SMILES string of the molecule is COC(=O)C(C)c1c[c]ccc1F. The highest BCUT2D eigenvalue weighted by atomic mass is 19.1. The van der Waals surface area contributed by atoms with Crippen molar-refractivity contribution >= 4 is 5.97 Å². The highest BCUT2D eigenvalue weighted by Crippen LogP contribution is 2.19. The fourth-order valence-electron chi connectivity index (χ4n) is 1.06. The van der Waals surface area contributed by atoms with Crippen LogP contribution in [0.1, 0.15) is 18.4 Å². The smallest absolute Gasteiger partial charge is 0.312 e. The Kier molecular flexibility index (Phi) is 3.01.